The molecular weight excluding hydrogens is 546 g/mol. The Hall–Kier alpha value is -4.53. The number of nitrogens with zero attached hydrogens (tertiary/aromatic N) is 3. The molecule has 3 aromatic carbocycles. The van der Waals surface area contributed by atoms with Gasteiger partial charge in [-0.2, -0.15) is 0 Å². The second-order valence-corrected chi connectivity index (χ2v) is 11.5. The van der Waals surface area contributed by atoms with Gasteiger partial charge in [0.05, 0.1) is 30.0 Å². The molecule has 8 heteroatoms. The molecule has 0 radical (unpaired) electrons. The zero-order valence-electron chi connectivity index (χ0n) is 23.8. The third kappa shape index (κ3) is 4.93. The second-order valence-electron chi connectivity index (χ2n) is 10.5. The van der Waals surface area contributed by atoms with Gasteiger partial charge in [0.2, 0.25) is 5.88 Å². The van der Waals surface area contributed by atoms with Crippen molar-refractivity contribution >= 4 is 39.2 Å². The van der Waals surface area contributed by atoms with Gasteiger partial charge in [-0.1, -0.05) is 54.6 Å². The highest BCUT2D eigenvalue weighted by atomic mass is 32.1. The molecule has 1 amide bonds. The number of hydrogen-bond acceptors (Lipinski definition) is 6. The van der Waals surface area contributed by atoms with Crippen molar-refractivity contribution in [2.45, 2.75) is 20.8 Å². The van der Waals surface area contributed by atoms with E-state index >= 15 is 0 Å². The van der Waals surface area contributed by atoms with Gasteiger partial charge < -0.3 is 14.7 Å². The smallest absolute Gasteiger partial charge is 0.265 e. The Balaban J connectivity index is 1.53. The zero-order valence-corrected chi connectivity index (χ0v) is 24.6. The summed E-state index contributed by atoms with van der Waals surface area (Å²) >= 11 is 1.44. The van der Waals surface area contributed by atoms with E-state index in [4.69, 9.17) is 9.73 Å². The highest BCUT2D eigenvalue weighted by molar-refractivity contribution is 7.19. The molecule has 0 aliphatic carbocycles. The molecule has 42 heavy (non-hydrogen) atoms. The SMILES string of the molecule is Cc1ccc(-n2c(O)c(/C=N/c3sc(-c4ccccc4)c(C)c3C(=O)N3CCOCC3)c3ccccc3c2=O)cc1C. The fourth-order valence-corrected chi connectivity index (χ4v) is 6.50. The maximum Gasteiger partial charge on any atom is 0.265 e. The number of aryl methyl sites for hydroxylation is 2. The molecule has 1 aliphatic heterocycles. The number of aromatic nitrogens is 1. The van der Waals surface area contributed by atoms with Crippen molar-refractivity contribution in [1.82, 2.24) is 9.47 Å². The Morgan fingerprint density at radius 3 is 2.33 bits per heavy atom. The van der Waals surface area contributed by atoms with Crippen molar-refractivity contribution in [2.75, 3.05) is 26.3 Å². The number of aliphatic imine (C=N–C) groups is 1. The topological polar surface area (TPSA) is 84.1 Å². The lowest BCUT2D eigenvalue weighted by Gasteiger charge is -2.27. The van der Waals surface area contributed by atoms with E-state index < -0.39 is 0 Å². The average Bonchev–Trinajstić information content (AvgIpc) is 3.35. The summed E-state index contributed by atoms with van der Waals surface area (Å²) in [5.41, 5.74) is 5.18. The minimum absolute atomic E-state index is 0.0874. The summed E-state index contributed by atoms with van der Waals surface area (Å²) in [6, 6.07) is 22.8. The van der Waals surface area contributed by atoms with Gasteiger partial charge in [-0.3, -0.25) is 9.59 Å². The van der Waals surface area contributed by atoms with E-state index in [1.54, 1.807) is 29.3 Å². The molecule has 212 valence electrons. The first-order valence-corrected chi connectivity index (χ1v) is 14.7. The Kier molecular flexibility index (Phi) is 7.49. The first-order valence-electron chi connectivity index (χ1n) is 13.9. The Morgan fingerprint density at radius 2 is 1.62 bits per heavy atom. The molecule has 3 heterocycles. The van der Waals surface area contributed by atoms with Crippen molar-refractivity contribution in [3.8, 4) is 22.0 Å². The summed E-state index contributed by atoms with van der Waals surface area (Å²) in [6.45, 7) is 7.97. The minimum Gasteiger partial charge on any atom is -0.494 e. The minimum atomic E-state index is -0.315. The number of fused-ring (bicyclic) bond motifs is 1. The van der Waals surface area contributed by atoms with Crippen LogP contribution >= 0.6 is 11.3 Å². The third-order valence-corrected chi connectivity index (χ3v) is 9.09. The molecule has 1 fully saturated rings. The van der Waals surface area contributed by atoms with E-state index in [1.165, 1.54) is 15.9 Å². The molecule has 6 rings (SSSR count). The monoisotopic (exact) mass is 577 g/mol. The van der Waals surface area contributed by atoms with Crippen LogP contribution < -0.4 is 5.56 Å². The lowest BCUT2D eigenvalue weighted by molar-refractivity contribution is 0.0303. The number of pyridine rings is 1. The van der Waals surface area contributed by atoms with Gasteiger partial charge in [-0.15, -0.1) is 11.3 Å². The molecular formula is C34H31N3O4S. The Morgan fingerprint density at radius 1 is 0.929 bits per heavy atom. The van der Waals surface area contributed by atoms with E-state index in [1.807, 2.05) is 75.4 Å². The first kappa shape index (κ1) is 27.6. The van der Waals surface area contributed by atoms with E-state index in [9.17, 15) is 14.7 Å². The van der Waals surface area contributed by atoms with E-state index in [0.29, 0.717) is 58.9 Å². The number of amides is 1. The number of thiophene rings is 1. The maximum atomic E-state index is 13.8. The van der Waals surface area contributed by atoms with Crippen LogP contribution in [-0.2, 0) is 4.74 Å². The van der Waals surface area contributed by atoms with Crippen LogP contribution in [0.1, 0.15) is 32.6 Å². The Bertz CT molecular complexity index is 1900. The van der Waals surface area contributed by atoms with Crippen LogP contribution in [0.3, 0.4) is 0 Å². The summed E-state index contributed by atoms with van der Waals surface area (Å²) in [6.07, 6.45) is 1.57. The molecule has 0 unspecified atom stereocenters. The number of rotatable bonds is 5. The van der Waals surface area contributed by atoms with Crippen molar-refractivity contribution < 1.29 is 14.6 Å². The number of carbonyl (C=O) groups excluding carboxylic acids is 1. The van der Waals surface area contributed by atoms with Crippen molar-refractivity contribution in [3.63, 3.8) is 0 Å². The fourth-order valence-electron chi connectivity index (χ4n) is 5.35. The number of hydrogen-bond donors (Lipinski definition) is 1. The summed E-state index contributed by atoms with van der Waals surface area (Å²) in [7, 11) is 0. The molecule has 1 N–H and O–H groups in total. The van der Waals surface area contributed by atoms with Gasteiger partial charge in [0, 0.05) is 35.0 Å². The normalized spacial score (nSPS) is 13.7. The van der Waals surface area contributed by atoms with Crippen LogP contribution in [0.4, 0.5) is 5.00 Å². The molecule has 5 aromatic rings. The summed E-state index contributed by atoms with van der Waals surface area (Å²) in [4.78, 5) is 35.0. The number of carbonyl (C=O) groups is 1. The summed E-state index contributed by atoms with van der Waals surface area (Å²) in [5.74, 6) is -0.293. The van der Waals surface area contributed by atoms with Crippen LogP contribution in [0.2, 0.25) is 0 Å². The lowest BCUT2D eigenvalue weighted by Crippen LogP contribution is -2.40. The lowest BCUT2D eigenvalue weighted by atomic mass is 10.1. The van der Waals surface area contributed by atoms with Crippen LogP contribution in [0, 0.1) is 20.8 Å². The Labute approximate surface area is 248 Å². The first-order chi connectivity index (χ1) is 20.3. The molecule has 0 bridgehead atoms. The number of benzene rings is 3. The predicted octanol–water partition coefficient (Wildman–Crippen LogP) is 6.57. The van der Waals surface area contributed by atoms with Gasteiger partial charge in [0.15, 0.2) is 0 Å². The van der Waals surface area contributed by atoms with Gasteiger partial charge in [-0.25, -0.2) is 9.56 Å². The van der Waals surface area contributed by atoms with Crippen molar-refractivity contribution in [1.29, 1.82) is 0 Å². The van der Waals surface area contributed by atoms with Crippen molar-refractivity contribution in [2.24, 2.45) is 4.99 Å². The molecule has 0 atom stereocenters. The standard InChI is InChI=1S/C34H31N3O4S/c1-21-13-14-25(19-22(21)2)37-32(38)27-12-8-7-11-26(27)28(33(37)39)20-35-31-29(34(40)36-15-17-41-18-16-36)23(3)30(42-31)24-9-5-4-6-10-24/h4-14,19-20,39H,15-18H2,1-3H3/b35-20+. The molecule has 0 saturated carbocycles. The highest BCUT2D eigenvalue weighted by Gasteiger charge is 2.27. The van der Waals surface area contributed by atoms with Crippen LogP contribution in [0.25, 0.3) is 26.9 Å². The summed E-state index contributed by atoms with van der Waals surface area (Å²) in [5, 5.41) is 13.2. The maximum absolute atomic E-state index is 13.8. The van der Waals surface area contributed by atoms with Crippen molar-refractivity contribution in [3.05, 3.63) is 111 Å². The van der Waals surface area contributed by atoms with Gasteiger partial charge in [-0.05, 0) is 61.2 Å². The third-order valence-electron chi connectivity index (χ3n) is 7.84. The largest absolute Gasteiger partial charge is 0.494 e. The van der Waals surface area contributed by atoms with E-state index in [2.05, 4.69) is 0 Å². The number of aromatic hydroxyl groups is 1. The second kappa shape index (κ2) is 11.4. The van der Waals surface area contributed by atoms with Gasteiger partial charge >= 0.3 is 0 Å². The fraction of sp³-hybridized carbons (Fsp3) is 0.206. The predicted molar refractivity (Wildman–Crippen MR) is 169 cm³/mol. The quantitative estimate of drug-likeness (QED) is 0.240. The number of morpholine rings is 1. The average molecular weight is 578 g/mol. The zero-order chi connectivity index (χ0) is 29.4. The molecule has 1 saturated heterocycles. The van der Waals surface area contributed by atoms with E-state index in [-0.39, 0.29) is 17.3 Å². The van der Waals surface area contributed by atoms with Crippen LogP contribution in [-0.4, -0.2) is 53.0 Å². The van der Waals surface area contributed by atoms with Gasteiger partial charge in [0.25, 0.3) is 11.5 Å². The molecule has 0 spiro atoms. The molecule has 1 aliphatic rings. The van der Waals surface area contributed by atoms with Crippen LogP contribution in [0.5, 0.6) is 5.88 Å². The molecule has 7 nitrogen and oxygen atoms in total. The van der Waals surface area contributed by atoms with Crippen LogP contribution in [0.15, 0.2) is 82.6 Å². The van der Waals surface area contributed by atoms with E-state index in [0.717, 1.165) is 27.1 Å². The summed E-state index contributed by atoms with van der Waals surface area (Å²) < 4.78 is 6.80. The molecule has 2 aromatic heterocycles. The van der Waals surface area contributed by atoms with Gasteiger partial charge in [0.1, 0.15) is 5.00 Å². The highest BCUT2D eigenvalue weighted by Crippen LogP contribution is 2.42. The number of ether oxygens (including phenoxy) is 1.